The topological polar surface area (TPSA) is 102 Å². The lowest BCUT2D eigenvalue weighted by atomic mass is 10.2. The molecular weight excluding hydrogens is 312 g/mol. The number of hydrogen-bond acceptors (Lipinski definition) is 8. The summed E-state index contributed by atoms with van der Waals surface area (Å²) in [6, 6.07) is 3.49. The minimum Gasteiger partial charge on any atom is -0.478 e. The molecule has 0 fully saturated rings. The van der Waals surface area contributed by atoms with E-state index in [0.29, 0.717) is 29.8 Å². The van der Waals surface area contributed by atoms with Crippen molar-refractivity contribution in [3.05, 3.63) is 29.7 Å². The van der Waals surface area contributed by atoms with Crippen LogP contribution in [0.25, 0.3) is 0 Å². The monoisotopic (exact) mass is 332 g/mol. The highest BCUT2D eigenvalue weighted by atomic mass is 16.5. The molecule has 0 unspecified atom stereocenters. The third-order valence-corrected chi connectivity index (χ3v) is 2.93. The van der Waals surface area contributed by atoms with Gasteiger partial charge in [0.1, 0.15) is 0 Å². The van der Waals surface area contributed by atoms with Gasteiger partial charge in [-0.15, -0.1) is 0 Å². The molecule has 24 heavy (non-hydrogen) atoms. The molecule has 0 atom stereocenters. The van der Waals surface area contributed by atoms with Crippen molar-refractivity contribution < 1.29 is 14.3 Å². The lowest BCUT2D eigenvalue weighted by molar-refractivity contribution is 0.0949. The molecule has 9 heteroatoms. The Hall–Kier alpha value is -2.97. The van der Waals surface area contributed by atoms with Gasteiger partial charge in [0.25, 0.3) is 5.91 Å². The van der Waals surface area contributed by atoms with Crippen LogP contribution in [-0.2, 0) is 6.54 Å². The Morgan fingerprint density at radius 3 is 2.62 bits per heavy atom. The van der Waals surface area contributed by atoms with Gasteiger partial charge in [-0.25, -0.2) is 4.98 Å². The van der Waals surface area contributed by atoms with Crippen molar-refractivity contribution in [2.24, 2.45) is 0 Å². The molecule has 2 aromatic heterocycles. The summed E-state index contributed by atoms with van der Waals surface area (Å²) in [5.41, 5.74) is 0.423. The van der Waals surface area contributed by atoms with E-state index in [1.54, 1.807) is 17.0 Å². The predicted molar refractivity (Wildman–Crippen MR) is 87.3 cm³/mol. The smallest absolute Gasteiger partial charge is 0.321 e. The van der Waals surface area contributed by atoms with E-state index >= 15 is 0 Å². The van der Waals surface area contributed by atoms with E-state index in [9.17, 15) is 4.79 Å². The number of carbonyl (C=O) groups excluding carboxylic acids is 1. The Morgan fingerprint density at radius 2 is 2.04 bits per heavy atom. The van der Waals surface area contributed by atoms with Crippen LogP contribution in [0.2, 0.25) is 0 Å². The molecule has 2 heterocycles. The van der Waals surface area contributed by atoms with Crippen LogP contribution in [0.3, 0.4) is 0 Å². The minimum absolute atomic E-state index is 0.145. The summed E-state index contributed by atoms with van der Waals surface area (Å²) in [5, 5.41) is 2.74. The van der Waals surface area contributed by atoms with Crippen LogP contribution in [0.1, 0.15) is 23.1 Å². The second kappa shape index (κ2) is 8.04. The number of amides is 1. The number of nitrogens with zero attached hydrogens (tertiary/aromatic N) is 5. The normalized spacial score (nSPS) is 10.2. The van der Waals surface area contributed by atoms with Crippen molar-refractivity contribution in [3.63, 3.8) is 0 Å². The first-order valence-electron chi connectivity index (χ1n) is 7.36. The molecule has 1 N–H and O–H groups in total. The average Bonchev–Trinajstić information content (AvgIpc) is 2.60. The maximum atomic E-state index is 12.2. The zero-order valence-electron chi connectivity index (χ0n) is 14.1. The van der Waals surface area contributed by atoms with Gasteiger partial charge < -0.3 is 19.7 Å². The van der Waals surface area contributed by atoms with Crippen LogP contribution in [0.4, 0.5) is 5.95 Å². The Morgan fingerprint density at radius 1 is 1.25 bits per heavy atom. The van der Waals surface area contributed by atoms with Crippen molar-refractivity contribution in [1.29, 1.82) is 0 Å². The molecule has 2 aromatic rings. The SMILES string of the molecule is CCOc1ccc(C(=O)NCc2nc(OC)nc(N(C)C)n2)cn1. The van der Waals surface area contributed by atoms with Crippen LogP contribution in [-0.4, -0.2) is 53.7 Å². The summed E-state index contributed by atoms with van der Waals surface area (Å²) in [7, 11) is 5.09. The van der Waals surface area contributed by atoms with E-state index in [1.165, 1.54) is 13.3 Å². The van der Waals surface area contributed by atoms with Gasteiger partial charge in [-0.3, -0.25) is 4.79 Å². The molecule has 0 saturated carbocycles. The summed E-state index contributed by atoms with van der Waals surface area (Å²) in [6.45, 7) is 2.53. The van der Waals surface area contributed by atoms with Gasteiger partial charge in [0.2, 0.25) is 11.8 Å². The Balaban J connectivity index is 2.04. The van der Waals surface area contributed by atoms with E-state index in [0.717, 1.165) is 0 Å². The summed E-state index contributed by atoms with van der Waals surface area (Å²) < 4.78 is 10.3. The Bertz CT molecular complexity index is 690. The highest BCUT2D eigenvalue weighted by Crippen LogP contribution is 2.10. The van der Waals surface area contributed by atoms with Gasteiger partial charge in [-0.05, 0) is 13.0 Å². The van der Waals surface area contributed by atoms with Gasteiger partial charge in [0.05, 0.1) is 25.8 Å². The van der Waals surface area contributed by atoms with Crippen LogP contribution in [0.5, 0.6) is 11.9 Å². The number of carbonyl (C=O) groups is 1. The van der Waals surface area contributed by atoms with E-state index in [2.05, 4.69) is 25.3 Å². The zero-order chi connectivity index (χ0) is 17.5. The number of aromatic nitrogens is 4. The summed E-state index contributed by atoms with van der Waals surface area (Å²) in [6.07, 6.45) is 1.46. The van der Waals surface area contributed by atoms with Crippen LogP contribution in [0.15, 0.2) is 18.3 Å². The maximum Gasteiger partial charge on any atom is 0.321 e. The predicted octanol–water partition coefficient (Wildman–Crippen LogP) is 0.670. The molecule has 0 saturated heterocycles. The fourth-order valence-electron chi connectivity index (χ4n) is 1.77. The number of rotatable bonds is 7. The third kappa shape index (κ3) is 4.51. The van der Waals surface area contributed by atoms with Crippen LogP contribution in [0, 0.1) is 0 Å². The van der Waals surface area contributed by atoms with E-state index in [4.69, 9.17) is 9.47 Å². The first-order chi connectivity index (χ1) is 11.5. The highest BCUT2D eigenvalue weighted by Gasteiger charge is 2.11. The van der Waals surface area contributed by atoms with Crippen molar-refractivity contribution in [1.82, 2.24) is 25.3 Å². The number of nitrogens with one attached hydrogen (secondary N) is 1. The molecule has 0 aromatic carbocycles. The van der Waals surface area contributed by atoms with Crippen LogP contribution < -0.4 is 19.7 Å². The second-order valence-electron chi connectivity index (χ2n) is 4.93. The number of methoxy groups -OCH3 is 1. The van der Waals surface area contributed by atoms with Crippen LogP contribution >= 0.6 is 0 Å². The summed E-state index contributed by atoms with van der Waals surface area (Å²) in [5.74, 6) is 1.05. The molecule has 0 aliphatic heterocycles. The number of ether oxygens (including phenoxy) is 2. The van der Waals surface area contributed by atoms with E-state index < -0.39 is 0 Å². The number of anilines is 1. The fourth-order valence-corrected chi connectivity index (χ4v) is 1.77. The molecule has 9 nitrogen and oxygen atoms in total. The number of pyridine rings is 1. The third-order valence-electron chi connectivity index (χ3n) is 2.93. The second-order valence-corrected chi connectivity index (χ2v) is 4.93. The van der Waals surface area contributed by atoms with Crippen molar-refractivity contribution in [2.45, 2.75) is 13.5 Å². The van der Waals surface area contributed by atoms with E-state index in [-0.39, 0.29) is 18.5 Å². The standard InChI is InChI=1S/C15H20N6O3/c1-5-24-12-7-6-10(8-16-12)13(22)17-9-11-18-14(21(2)3)20-15(19-11)23-4/h6-8H,5,9H2,1-4H3,(H,17,22). The van der Waals surface area contributed by atoms with Gasteiger partial charge in [-0.2, -0.15) is 15.0 Å². The maximum absolute atomic E-state index is 12.2. The molecule has 0 aliphatic rings. The molecule has 128 valence electrons. The largest absolute Gasteiger partial charge is 0.478 e. The minimum atomic E-state index is -0.281. The van der Waals surface area contributed by atoms with Crippen molar-refractivity contribution >= 4 is 11.9 Å². The highest BCUT2D eigenvalue weighted by molar-refractivity contribution is 5.93. The van der Waals surface area contributed by atoms with Gasteiger partial charge in [0.15, 0.2) is 5.82 Å². The van der Waals surface area contributed by atoms with Gasteiger partial charge >= 0.3 is 6.01 Å². The molecule has 0 radical (unpaired) electrons. The Labute approximate surface area is 140 Å². The molecule has 0 spiro atoms. The molecule has 1 amide bonds. The van der Waals surface area contributed by atoms with Gasteiger partial charge in [0, 0.05) is 26.4 Å². The zero-order valence-corrected chi connectivity index (χ0v) is 14.1. The molecular formula is C15H20N6O3. The molecule has 0 bridgehead atoms. The van der Waals surface area contributed by atoms with Gasteiger partial charge in [-0.1, -0.05) is 0 Å². The molecule has 2 rings (SSSR count). The lowest BCUT2D eigenvalue weighted by Crippen LogP contribution is -2.25. The van der Waals surface area contributed by atoms with Crippen molar-refractivity contribution in [3.8, 4) is 11.9 Å². The van der Waals surface area contributed by atoms with E-state index in [1.807, 2.05) is 21.0 Å². The fraction of sp³-hybridized carbons (Fsp3) is 0.400. The molecule has 0 aliphatic carbocycles. The first-order valence-corrected chi connectivity index (χ1v) is 7.36. The van der Waals surface area contributed by atoms with Crippen molar-refractivity contribution in [2.75, 3.05) is 32.7 Å². The average molecular weight is 332 g/mol. The first kappa shape index (κ1) is 17.4. The summed E-state index contributed by atoms with van der Waals surface area (Å²) >= 11 is 0. The lowest BCUT2D eigenvalue weighted by Gasteiger charge is -2.12. The Kier molecular flexibility index (Phi) is 5.83. The quantitative estimate of drug-likeness (QED) is 0.789. The number of hydrogen-bond donors (Lipinski definition) is 1. The summed E-state index contributed by atoms with van der Waals surface area (Å²) in [4.78, 5) is 30.4.